The summed E-state index contributed by atoms with van der Waals surface area (Å²) < 4.78 is 50.8. The van der Waals surface area contributed by atoms with Gasteiger partial charge in [-0.15, -0.1) is 0 Å². The Morgan fingerprint density at radius 3 is 2.85 bits per heavy atom. The van der Waals surface area contributed by atoms with Gasteiger partial charge in [0, 0.05) is 11.6 Å². The van der Waals surface area contributed by atoms with Crippen molar-refractivity contribution in [3.63, 3.8) is 0 Å². The third kappa shape index (κ3) is 4.01. The highest BCUT2D eigenvalue weighted by atomic mass is 19.4. The van der Waals surface area contributed by atoms with Crippen molar-refractivity contribution in [2.75, 3.05) is 33.5 Å². The molecule has 0 radical (unpaired) electrons. The van der Waals surface area contributed by atoms with Crippen LogP contribution in [-0.2, 0) is 4.74 Å². The van der Waals surface area contributed by atoms with Crippen LogP contribution >= 0.6 is 0 Å². The number of likely N-dealkylation sites (N-methyl/N-ethyl adjacent to an activating group) is 1. The second-order valence-electron chi connectivity index (χ2n) is 4.37. The summed E-state index contributed by atoms with van der Waals surface area (Å²) in [5, 5.41) is 3.12. The minimum Gasteiger partial charge on any atom is -0.491 e. The van der Waals surface area contributed by atoms with Crippen LogP contribution in [0.3, 0.4) is 0 Å². The summed E-state index contributed by atoms with van der Waals surface area (Å²) in [4.78, 5) is 0. The van der Waals surface area contributed by atoms with Gasteiger partial charge >= 0.3 is 6.18 Å². The lowest BCUT2D eigenvalue weighted by Gasteiger charge is -2.10. The van der Waals surface area contributed by atoms with Crippen LogP contribution in [0, 0.1) is 0 Å². The van der Waals surface area contributed by atoms with Crippen molar-refractivity contribution in [2.45, 2.75) is 12.2 Å². The standard InChI is InChI=1S/C13H16F3NO3/c1-17-11-7-20-12-6-9(2-3-10(11)12)19-5-4-18-8-13(14,15)16/h2-3,6,11,17H,4-5,7-8H2,1H3. The van der Waals surface area contributed by atoms with Crippen molar-refractivity contribution in [1.29, 1.82) is 0 Å². The van der Waals surface area contributed by atoms with Gasteiger partial charge in [0.15, 0.2) is 0 Å². The van der Waals surface area contributed by atoms with Crippen LogP contribution in [0.1, 0.15) is 11.6 Å². The Morgan fingerprint density at radius 1 is 1.35 bits per heavy atom. The molecule has 7 heteroatoms. The molecule has 112 valence electrons. The molecule has 1 aliphatic heterocycles. The molecular formula is C13H16F3NO3. The lowest BCUT2D eigenvalue weighted by Crippen LogP contribution is -2.19. The Balaban J connectivity index is 1.78. The molecule has 1 aromatic carbocycles. The highest BCUT2D eigenvalue weighted by Gasteiger charge is 2.27. The molecule has 1 N–H and O–H groups in total. The summed E-state index contributed by atoms with van der Waals surface area (Å²) >= 11 is 0. The molecule has 20 heavy (non-hydrogen) atoms. The summed E-state index contributed by atoms with van der Waals surface area (Å²) in [5.74, 6) is 1.29. The molecule has 4 nitrogen and oxygen atoms in total. The maximum Gasteiger partial charge on any atom is 0.411 e. The Hall–Kier alpha value is -1.47. The fourth-order valence-corrected chi connectivity index (χ4v) is 1.93. The number of hydrogen-bond donors (Lipinski definition) is 1. The van der Waals surface area contributed by atoms with Gasteiger partial charge in [0.25, 0.3) is 0 Å². The van der Waals surface area contributed by atoms with Crippen LogP contribution in [0.15, 0.2) is 18.2 Å². The number of nitrogens with one attached hydrogen (secondary N) is 1. The smallest absolute Gasteiger partial charge is 0.411 e. The molecular weight excluding hydrogens is 275 g/mol. The van der Waals surface area contributed by atoms with Gasteiger partial charge in [-0.1, -0.05) is 0 Å². The van der Waals surface area contributed by atoms with Crippen molar-refractivity contribution in [3.8, 4) is 11.5 Å². The number of hydrogen-bond acceptors (Lipinski definition) is 4. The van der Waals surface area contributed by atoms with Gasteiger partial charge in [-0.2, -0.15) is 13.2 Å². The molecule has 1 unspecified atom stereocenters. The van der Waals surface area contributed by atoms with E-state index in [4.69, 9.17) is 9.47 Å². The van der Waals surface area contributed by atoms with E-state index in [1.165, 1.54) is 0 Å². The predicted octanol–water partition coefficient (Wildman–Crippen LogP) is 2.30. The molecule has 1 atom stereocenters. The predicted molar refractivity (Wildman–Crippen MR) is 66.1 cm³/mol. The number of benzene rings is 1. The van der Waals surface area contributed by atoms with E-state index >= 15 is 0 Å². The molecule has 1 aromatic rings. The molecule has 0 aromatic heterocycles. The van der Waals surface area contributed by atoms with Crippen molar-refractivity contribution in [1.82, 2.24) is 5.32 Å². The number of fused-ring (bicyclic) bond motifs is 1. The van der Waals surface area contributed by atoms with Crippen molar-refractivity contribution < 1.29 is 27.4 Å². The van der Waals surface area contributed by atoms with Crippen molar-refractivity contribution >= 4 is 0 Å². The molecule has 1 aliphatic rings. The quantitative estimate of drug-likeness (QED) is 0.816. The third-order valence-electron chi connectivity index (χ3n) is 2.88. The van der Waals surface area contributed by atoms with Crippen LogP contribution < -0.4 is 14.8 Å². The number of rotatable bonds is 6. The Morgan fingerprint density at radius 2 is 2.15 bits per heavy atom. The van der Waals surface area contributed by atoms with Gasteiger partial charge < -0.3 is 19.5 Å². The maximum absolute atomic E-state index is 11.8. The molecule has 0 aliphatic carbocycles. The Kier molecular flexibility index (Phi) is 4.72. The van der Waals surface area contributed by atoms with E-state index in [0.717, 1.165) is 11.3 Å². The monoisotopic (exact) mass is 291 g/mol. The van der Waals surface area contributed by atoms with Crippen LogP contribution in [0.2, 0.25) is 0 Å². The highest BCUT2D eigenvalue weighted by molar-refractivity contribution is 5.44. The van der Waals surface area contributed by atoms with Crippen molar-refractivity contribution in [3.05, 3.63) is 23.8 Å². The summed E-state index contributed by atoms with van der Waals surface area (Å²) in [5.41, 5.74) is 1.05. The van der Waals surface area contributed by atoms with Gasteiger partial charge in [-0.25, -0.2) is 0 Å². The highest BCUT2D eigenvalue weighted by Crippen LogP contribution is 2.34. The zero-order valence-corrected chi connectivity index (χ0v) is 11.0. The van der Waals surface area contributed by atoms with E-state index < -0.39 is 12.8 Å². The second-order valence-corrected chi connectivity index (χ2v) is 4.37. The van der Waals surface area contributed by atoms with Crippen LogP contribution in [-0.4, -0.2) is 39.7 Å². The first-order chi connectivity index (χ1) is 9.49. The molecule has 0 bridgehead atoms. The molecule has 0 saturated carbocycles. The summed E-state index contributed by atoms with van der Waals surface area (Å²) in [6.07, 6.45) is -4.30. The molecule has 1 heterocycles. The lowest BCUT2D eigenvalue weighted by atomic mass is 10.1. The second kappa shape index (κ2) is 6.32. The number of alkyl halides is 3. The molecule has 0 fully saturated rings. The van der Waals surface area contributed by atoms with Gasteiger partial charge in [-0.3, -0.25) is 0 Å². The van der Waals surface area contributed by atoms with Gasteiger partial charge in [0.2, 0.25) is 0 Å². The topological polar surface area (TPSA) is 39.7 Å². The summed E-state index contributed by atoms with van der Waals surface area (Å²) in [6.45, 7) is -0.752. The summed E-state index contributed by atoms with van der Waals surface area (Å²) in [7, 11) is 1.85. The summed E-state index contributed by atoms with van der Waals surface area (Å²) in [6, 6.07) is 5.54. The van der Waals surface area contributed by atoms with E-state index in [9.17, 15) is 13.2 Å². The SMILES string of the molecule is CNC1COc2cc(OCCOCC(F)(F)F)ccc21. The van der Waals surface area contributed by atoms with E-state index in [1.54, 1.807) is 12.1 Å². The van der Waals surface area contributed by atoms with Crippen LogP contribution in [0.4, 0.5) is 13.2 Å². The first-order valence-electron chi connectivity index (χ1n) is 6.21. The molecule has 0 amide bonds. The zero-order valence-electron chi connectivity index (χ0n) is 11.0. The lowest BCUT2D eigenvalue weighted by molar-refractivity contribution is -0.175. The third-order valence-corrected chi connectivity index (χ3v) is 2.88. The number of halogens is 3. The van der Waals surface area contributed by atoms with Gasteiger partial charge in [-0.05, 0) is 19.2 Å². The van der Waals surface area contributed by atoms with E-state index in [1.807, 2.05) is 13.1 Å². The normalized spacial score (nSPS) is 17.7. The fourth-order valence-electron chi connectivity index (χ4n) is 1.93. The molecule has 0 spiro atoms. The van der Waals surface area contributed by atoms with Crippen molar-refractivity contribution in [2.24, 2.45) is 0 Å². The van der Waals surface area contributed by atoms with Gasteiger partial charge in [0.1, 0.15) is 31.3 Å². The first kappa shape index (κ1) is 14.9. The fraction of sp³-hybridized carbons (Fsp3) is 0.538. The molecule has 2 rings (SSSR count). The average Bonchev–Trinajstić information content (AvgIpc) is 2.79. The first-order valence-corrected chi connectivity index (χ1v) is 6.21. The van der Waals surface area contributed by atoms with E-state index in [0.29, 0.717) is 12.4 Å². The minimum atomic E-state index is -4.30. The number of ether oxygens (including phenoxy) is 3. The Labute approximate surface area is 114 Å². The van der Waals surface area contributed by atoms with Crippen LogP contribution in [0.25, 0.3) is 0 Å². The van der Waals surface area contributed by atoms with E-state index in [-0.39, 0.29) is 19.3 Å². The molecule has 0 saturated heterocycles. The average molecular weight is 291 g/mol. The van der Waals surface area contributed by atoms with E-state index in [2.05, 4.69) is 10.1 Å². The largest absolute Gasteiger partial charge is 0.491 e. The van der Waals surface area contributed by atoms with Crippen LogP contribution in [0.5, 0.6) is 11.5 Å². The maximum atomic E-state index is 11.8. The van der Waals surface area contributed by atoms with Gasteiger partial charge in [0.05, 0.1) is 12.6 Å². The minimum absolute atomic E-state index is 0.0598. The Bertz CT molecular complexity index is 451. The zero-order chi connectivity index (χ0) is 14.6.